The first-order chi connectivity index (χ1) is 14.6. The third-order valence-corrected chi connectivity index (χ3v) is 3.92. The van der Waals surface area contributed by atoms with Crippen LogP contribution in [0.25, 0.3) is 0 Å². The molecule has 0 aliphatic heterocycles. The predicted octanol–water partition coefficient (Wildman–Crippen LogP) is 2.78. The van der Waals surface area contributed by atoms with Gasteiger partial charge in [0.2, 0.25) is 17.0 Å². The van der Waals surface area contributed by atoms with E-state index in [1.54, 1.807) is 0 Å². The number of aromatic nitrogens is 4. The van der Waals surface area contributed by atoms with Crippen LogP contribution in [0.5, 0.6) is 5.88 Å². The molecule has 2 aromatic heterocycles. The van der Waals surface area contributed by atoms with Crippen LogP contribution in [0.1, 0.15) is 17.0 Å². The van der Waals surface area contributed by atoms with Crippen LogP contribution in [-0.4, -0.2) is 29.8 Å². The molecule has 0 aliphatic carbocycles. The molecule has 1 aromatic carbocycles. The van der Waals surface area contributed by atoms with E-state index in [2.05, 4.69) is 19.9 Å². The quantitative estimate of drug-likeness (QED) is 0.330. The Hall–Kier alpha value is -4.13. The van der Waals surface area contributed by atoms with Crippen LogP contribution in [0, 0.1) is 34.1 Å². The summed E-state index contributed by atoms with van der Waals surface area (Å²) in [6, 6.07) is 9.28. The largest absolute Gasteiger partial charge is 0.468 e. The number of nitrogen functional groups attached to an aromatic ring is 2. The summed E-state index contributed by atoms with van der Waals surface area (Å²) < 4.78 is 5.37. The van der Waals surface area contributed by atoms with Gasteiger partial charge in [-0.15, -0.1) is 0 Å². The van der Waals surface area contributed by atoms with E-state index in [1.165, 1.54) is 13.8 Å². The van der Waals surface area contributed by atoms with E-state index in [1.807, 2.05) is 30.3 Å². The number of aryl methyl sites for hydroxylation is 2. The fourth-order valence-electron chi connectivity index (χ4n) is 2.36. The SMILES string of the molecule is Cc1nc(N)nc(Cl)c1[N+](=O)[O-].Cc1nc(N)nc(OCc2ccccc2)c1[N+](=O)[O-]. The number of ether oxygens (including phenoxy) is 1. The van der Waals surface area contributed by atoms with E-state index in [9.17, 15) is 20.2 Å². The normalized spacial score (nSPS) is 10.0. The van der Waals surface area contributed by atoms with Crippen LogP contribution in [0.15, 0.2) is 30.3 Å². The number of hydrogen-bond acceptors (Lipinski definition) is 11. The first kappa shape index (κ1) is 23.2. The van der Waals surface area contributed by atoms with Gasteiger partial charge in [-0.3, -0.25) is 20.2 Å². The molecule has 0 amide bonds. The van der Waals surface area contributed by atoms with E-state index in [-0.39, 0.29) is 52.3 Å². The van der Waals surface area contributed by atoms with Crippen LogP contribution in [-0.2, 0) is 6.61 Å². The van der Waals surface area contributed by atoms with Gasteiger partial charge in [-0.05, 0) is 19.4 Å². The summed E-state index contributed by atoms with van der Waals surface area (Å²) in [7, 11) is 0. The summed E-state index contributed by atoms with van der Waals surface area (Å²) in [5, 5.41) is 21.1. The van der Waals surface area contributed by atoms with E-state index >= 15 is 0 Å². The minimum Gasteiger partial charge on any atom is -0.468 e. The lowest BCUT2D eigenvalue weighted by Crippen LogP contribution is -2.07. The fourth-order valence-corrected chi connectivity index (χ4v) is 2.65. The van der Waals surface area contributed by atoms with Crippen LogP contribution in [0.4, 0.5) is 23.3 Å². The van der Waals surface area contributed by atoms with Gasteiger partial charge in [0.15, 0.2) is 0 Å². The topological polar surface area (TPSA) is 199 Å². The number of rotatable bonds is 5. The summed E-state index contributed by atoms with van der Waals surface area (Å²) in [5.74, 6) is -0.229. The first-order valence-corrected chi connectivity index (χ1v) is 8.87. The van der Waals surface area contributed by atoms with Crippen molar-refractivity contribution in [2.75, 3.05) is 11.5 Å². The second kappa shape index (κ2) is 10.1. The Balaban J connectivity index is 0.000000245. The summed E-state index contributed by atoms with van der Waals surface area (Å²) in [6.45, 7) is 3.12. The molecule has 0 spiro atoms. The van der Waals surface area contributed by atoms with E-state index in [0.29, 0.717) is 0 Å². The van der Waals surface area contributed by atoms with E-state index < -0.39 is 9.85 Å². The van der Waals surface area contributed by atoms with Crippen molar-refractivity contribution in [3.05, 3.63) is 72.7 Å². The molecule has 0 aliphatic rings. The van der Waals surface area contributed by atoms with Crippen LogP contribution >= 0.6 is 11.6 Å². The molecule has 4 N–H and O–H groups in total. The highest BCUT2D eigenvalue weighted by molar-refractivity contribution is 6.31. The average molecular weight is 449 g/mol. The Labute approximate surface area is 180 Å². The van der Waals surface area contributed by atoms with Crippen molar-refractivity contribution in [3.8, 4) is 5.88 Å². The molecule has 0 atom stereocenters. The average Bonchev–Trinajstić information content (AvgIpc) is 2.65. The van der Waals surface area contributed by atoms with Crippen LogP contribution < -0.4 is 16.2 Å². The summed E-state index contributed by atoms with van der Waals surface area (Å²) in [5.41, 5.74) is 11.3. The van der Waals surface area contributed by atoms with Gasteiger partial charge >= 0.3 is 11.4 Å². The highest BCUT2D eigenvalue weighted by atomic mass is 35.5. The third kappa shape index (κ3) is 6.17. The third-order valence-electron chi connectivity index (χ3n) is 3.66. The smallest absolute Gasteiger partial charge is 0.352 e. The van der Waals surface area contributed by atoms with Crippen molar-refractivity contribution < 1.29 is 14.6 Å². The Bertz CT molecular complexity index is 1090. The Morgan fingerprint density at radius 3 is 1.94 bits per heavy atom. The van der Waals surface area contributed by atoms with Crippen molar-refractivity contribution in [3.63, 3.8) is 0 Å². The van der Waals surface area contributed by atoms with Gasteiger partial charge in [-0.25, -0.2) is 9.97 Å². The maximum absolute atomic E-state index is 11.0. The van der Waals surface area contributed by atoms with Gasteiger partial charge in [-0.1, -0.05) is 41.9 Å². The number of hydrogen-bond donors (Lipinski definition) is 2. The Kier molecular flexibility index (Phi) is 7.52. The molecular formula is C17H17ClN8O5. The van der Waals surface area contributed by atoms with Gasteiger partial charge in [0, 0.05) is 0 Å². The molecule has 0 unspecified atom stereocenters. The van der Waals surface area contributed by atoms with Crippen LogP contribution in [0.3, 0.4) is 0 Å². The molecule has 31 heavy (non-hydrogen) atoms. The molecule has 0 bridgehead atoms. The van der Waals surface area contributed by atoms with E-state index in [4.69, 9.17) is 27.8 Å². The molecule has 2 heterocycles. The van der Waals surface area contributed by atoms with Crippen LogP contribution in [0.2, 0.25) is 5.15 Å². The maximum atomic E-state index is 11.0. The molecule has 14 heteroatoms. The molecule has 13 nitrogen and oxygen atoms in total. The second-order valence-corrected chi connectivity index (χ2v) is 6.27. The second-order valence-electron chi connectivity index (χ2n) is 5.92. The molecule has 3 rings (SSSR count). The predicted molar refractivity (Wildman–Crippen MR) is 111 cm³/mol. The van der Waals surface area contributed by atoms with Crippen molar-refractivity contribution >= 4 is 34.9 Å². The summed E-state index contributed by atoms with van der Waals surface area (Å²) in [6.07, 6.45) is 0. The summed E-state index contributed by atoms with van der Waals surface area (Å²) in [4.78, 5) is 34.7. The standard InChI is InChI=1S/C12H12N4O3.C5H5ClN4O2/c1-8-10(16(17)18)11(15-12(13)14-8)19-7-9-5-3-2-4-6-9;1-2-3(10(11)12)4(6)9-5(7)8-2/h2-6H,7H2,1H3,(H2,13,14,15);1H3,(H2,7,8,9). The molecular weight excluding hydrogens is 432 g/mol. The minimum absolute atomic E-state index is 0.0499. The maximum Gasteiger partial charge on any atom is 0.352 e. The van der Waals surface area contributed by atoms with Crippen molar-refractivity contribution in [1.82, 2.24) is 19.9 Å². The molecule has 162 valence electrons. The molecule has 0 fully saturated rings. The number of nitro groups is 2. The van der Waals surface area contributed by atoms with Gasteiger partial charge in [0.1, 0.15) is 18.0 Å². The lowest BCUT2D eigenvalue weighted by atomic mass is 10.2. The number of nitrogens with two attached hydrogens (primary N) is 2. The number of nitrogens with zero attached hydrogens (tertiary/aromatic N) is 6. The van der Waals surface area contributed by atoms with Crippen molar-refractivity contribution in [2.45, 2.75) is 20.5 Å². The zero-order valence-electron chi connectivity index (χ0n) is 16.4. The Morgan fingerprint density at radius 2 is 1.42 bits per heavy atom. The van der Waals surface area contributed by atoms with Gasteiger partial charge in [0.25, 0.3) is 5.88 Å². The molecule has 3 aromatic rings. The zero-order chi connectivity index (χ0) is 23.1. The number of anilines is 2. The van der Waals surface area contributed by atoms with Gasteiger partial charge in [0.05, 0.1) is 9.85 Å². The van der Waals surface area contributed by atoms with Crippen molar-refractivity contribution in [2.24, 2.45) is 0 Å². The highest BCUT2D eigenvalue weighted by Gasteiger charge is 2.23. The molecule has 0 saturated heterocycles. The zero-order valence-corrected chi connectivity index (χ0v) is 17.1. The summed E-state index contributed by atoms with van der Waals surface area (Å²) >= 11 is 5.46. The minimum atomic E-state index is -0.642. The molecule has 0 saturated carbocycles. The fraction of sp³-hybridized carbons (Fsp3) is 0.176. The first-order valence-electron chi connectivity index (χ1n) is 8.49. The van der Waals surface area contributed by atoms with Crippen molar-refractivity contribution in [1.29, 1.82) is 0 Å². The van der Waals surface area contributed by atoms with E-state index in [0.717, 1.165) is 5.56 Å². The highest BCUT2D eigenvalue weighted by Crippen LogP contribution is 2.28. The Morgan fingerprint density at radius 1 is 0.903 bits per heavy atom. The monoisotopic (exact) mass is 448 g/mol. The number of benzene rings is 1. The van der Waals surface area contributed by atoms with Gasteiger partial charge < -0.3 is 16.2 Å². The number of halogens is 1. The van der Waals surface area contributed by atoms with Gasteiger partial charge in [-0.2, -0.15) is 9.97 Å². The molecule has 0 radical (unpaired) electrons. The lowest BCUT2D eigenvalue weighted by Gasteiger charge is -2.07. The lowest BCUT2D eigenvalue weighted by molar-refractivity contribution is -0.387.